The highest BCUT2D eigenvalue weighted by atomic mass is 16.6. The molecule has 2 fully saturated rings. The number of rotatable bonds is 6. The third-order valence-electron chi connectivity index (χ3n) is 10.1. The Morgan fingerprint density at radius 3 is 2.51 bits per heavy atom. The van der Waals surface area contributed by atoms with Gasteiger partial charge in [-0.15, -0.1) is 0 Å². The molecule has 3 aliphatic rings. The molecule has 0 spiro atoms. The smallest absolute Gasteiger partial charge is 0.410 e. The maximum absolute atomic E-state index is 13.4. The van der Waals surface area contributed by atoms with Crippen LogP contribution in [0.4, 0.5) is 4.79 Å². The lowest BCUT2D eigenvalue weighted by Gasteiger charge is -2.40. The number of amides is 1. The standard InChI is InChI=1S/C38H57N3O6/c1-27-18-20-39-33(25-27)28(2)11-10-12-29(3)36-30(4)15-16-34(38(5,45)19-17-32(42)26-35(43)47-36)46-37(44)41-23-21-40(22-24-41)31-13-8-6-7-9-14-31/h10-12,15-16,18,20,25,28,30-32,34,36,42,45H,6-9,13-14,17,19,21-24,26H2,1-5H3/b11-10+,16-15-,29-12+/t28?,30-,32+,34-,36+,38+/m0/s1. The van der Waals surface area contributed by atoms with Crippen molar-refractivity contribution in [3.8, 4) is 0 Å². The van der Waals surface area contributed by atoms with E-state index in [1.807, 2.05) is 51.3 Å². The van der Waals surface area contributed by atoms with Gasteiger partial charge in [-0.25, -0.2) is 4.79 Å². The summed E-state index contributed by atoms with van der Waals surface area (Å²) in [7, 11) is 0. The molecule has 6 atom stereocenters. The molecule has 260 valence electrons. The molecule has 2 N–H and O–H groups in total. The van der Waals surface area contributed by atoms with Gasteiger partial charge in [-0.3, -0.25) is 14.7 Å². The van der Waals surface area contributed by atoms with E-state index in [0.717, 1.165) is 29.9 Å². The first-order valence-corrected chi connectivity index (χ1v) is 17.7. The van der Waals surface area contributed by atoms with Gasteiger partial charge in [-0.2, -0.15) is 0 Å². The number of piperazine rings is 1. The number of nitrogens with zero attached hydrogens (tertiary/aromatic N) is 3. The van der Waals surface area contributed by atoms with Crippen molar-refractivity contribution in [2.45, 2.75) is 128 Å². The Labute approximate surface area is 281 Å². The maximum Gasteiger partial charge on any atom is 0.410 e. The van der Waals surface area contributed by atoms with Crippen LogP contribution < -0.4 is 0 Å². The number of allylic oxidation sites excluding steroid dienone is 3. The molecule has 0 aromatic carbocycles. The largest absolute Gasteiger partial charge is 0.457 e. The summed E-state index contributed by atoms with van der Waals surface area (Å²) in [6.45, 7) is 12.4. The van der Waals surface area contributed by atoms with E-state index < -0.39 is 36.0 Å². The summed E-state index contributed by atoms with van der Waals surface area (Å²) in [4.78, 5) is 35.0. The number of aryl methyl sites for hydroxylation is 1. The zero-order valence-electron chi connectivity index (χ0n) is 29.1. The number of esters is 1. The number of pyridine rings is 1. The Morgan fingerprint density at radius 1 is 1.13 bits per heavy atom. The maximum atomic E-state index is 13.4. The van der Waals surface area contributed by atoms with Crippen LogP contribution in [-0.2, 0) is 14.3 Å². The summed E-state index contributed by atoms with van der Waals surface area (Å²) in [6, 6.07) is 4.63. The van der Waals surface area contributed by atoms with Gasteiger partial charge in [0, 0.05) is 55.9 Å². The minimum absolute atomic E-state index is 0.0998. The molecule has 0 radical (unpaired) electrons. The number of hydrogen-bond donors (Lipinski definition) is 2. The lowest BCUT2D eigenvalue weighted by atomic mass is 9.88. The number of ether oxygens (including phenoxy) is 2. The molecule has 2 aliphatic heterocycles. The molecule has 0 bridgehead atoms. The van der Waals surface area contributed by atoms with Crippen molar-refractivity contribution >= 4 is 12.1 Å². The van der Waals surface area contributed by atoms with Crippen molar-refractivity contribution in [2.24, 2.45) is 5.92 Å². The molecule has 1 aromatic rings. The van der Waals surface area contributed by atoms with E-state index in [-0.39, 0.29) is 31.1 Å². The van der Waals surface area contributed by atoms with Crippen LogP contribution >= 0.6 is 0 Å². The Morgan fingerprint density at radius 2 is 1.83 bits per heavy atom. The summed E-state index contributed by atoms with van der Waals surface area (Å²) < 4.78 is 11.9. The lowest BCUT2D eigenvalue weighted by molar-refractivity contribution is -0.151. The number of aliphatic hydroxyl groups is 2. The first-order chi connectivity index (χ1) is 22.4. The lowest BCUT2D eigenvalue weighted by Crippen LogP contribution is -2.53. The fraction of sp³-hybridized carbons (Fsp3) is 0.658. The predicted octanol–water partition coefficient (Wildman–Crippen LogP) is 6.24. The summed E-state index contributed by atoms with van der Waals surface area (Å²) in [5.41, 5.74) is 1.51. The zero-order valence-corrected chi connectivity index (χ0v) is 29.1. The molecular formula is C38H57N3O6. The topological polar surface area (TPSA) is 112 Å². The molecule has 4 rings (SSSR count). The van der Waals surface area contributed by atoms with Gasteiger partial charge >= 0.3 is 12.1 Å². The second-order valence-corrected chi connectivity index (χ2v) is 14.2. The fourth-order valence-electron chi connectivity index (χ4n) is 6.90. The van der Waals surface area contributed by atoms with E-state index in [2.05, 4.69) is 29.0 Å². The second kappa shape index (κ2) is 17.4. The summed E-state index contributed by atoms with van der Waals surface area (Å²) in [5, 5.41) is 22.2. The van der Waals surface area contributed by atoms with E-state index in [0.29, 0.717) is 19.1 Å². The number of hydrogen-bond acceptors (Lipinski definition) is 8. The Kier molecular flexibility index (Phi) is 13.6. The minimum atomic E-state index is -1.44. The van der Waals surface area contributed by atoms with Gasteiger partial charge in [0.25, 0.3) is 0 Å². The van der Waals surface area contributed by atoms with Gasteiger partial charge in [-0.05, 0) is 75.8 Å². The number of carbonyl (C=O) groups excluding carboxylic acids is 2. The van der Waals surface area contributed by atoms with Gasteiger partial charge in [-0.1, -0.05) is 63.8 Å². The highest BCUT2D eigenvalue weighted by molar-refractivity contribution is 5.70. The fourth-order valence-corrected chi connectivity index (χ4v) is 6.90. The molecule has 1 aromatic heterocycles. The van der Waals surface area contributed by atoms with E-state index in [4.69, 9.17) is 9.47 Å². The molecule has 9 heteroatoms. The van der Waals surface area contributed by atoms with Gasteiger partial charge in [0.15, 0.2) is 6.10 Å². The van der Waals surface area contributed by atoms with Crippen LogP contribution in [0.25, 0.3) is 0 Å². The molecule has 1 saturated carbocycles. The van der Waals surface area contributed by atoms with Crippen LogP contribution in [-0.4, -0.2) is 93.2 Å². The third-order valence-corrected chi connectivity index (χ3v) is 10.1. The van der Waals surface area contributed by atoms with E-state index in [1.54, 1.807) is 17.9 Å². The average molecular weight is 652 g/mol. The monoisotopic (exact) mass is 651 g/mol. The van der Waals surface area contributed by atoms with Crippen molar-refractivity contribution in [3.05, 3.63) is 65.5 Å². The molecule has 9 nitrogen and oxygen atoms in total. The van der Waals surface area contributed by atoms with Crippen LogP contribution in [0.3, 0.4) is 0 Å². The number of cyclic esters (lactones) is 1. The van der Waals surface area contributed by atoms with E-state index in [9.17, 15) is 19.8 Å². The molecule has 1 amide bonds. The highest BCUT2D eigenvalue weighted by Gasteiger charge is 2.37. The molecule has 47 heavy (non-hydrogen) atoms. The molecule has 3 heterocycles. The molecule has 1 unspecified atom stereocenters. The average Bonchev–Trinajstić information content (AvgIpc) is 3.34. The van der Waals surface area contributed by atoms with Gasteiger partial charge in [0.1, 0.15) is 11.7 Å². The van der Waals surface area contributed by atoms with Gasteiger partial charge < -0.3 is 24.6 Å². The van der Waals surface area contributed by atoms with Crippen molar-refractivity contribution in [3.63, 3.8) is 0 Å². The highest BCUT2D eigenvalue weighted by Crippen LogP contribution is 2.28. The van der Waals surface area contributed by atoms with Gasteiger partial charge in [0.2, 0.25) is 0 Å². The first-order valence-electron chi connectivity index (χ1n) is 17.7. The van der Waals surface area contributed by atoms with Crippen LogP contribution in [0.1, 0.15) is 103 Å². The quantitative estimate of drug-likeness (QED) is 0.161. The van der Waals surface area contributed by atoms with Crippen molar-refractivity contribution < 1.29 is 29.3 Å². The van der Waals surface area contributed by atoms with Crippen LogP contribution in [0, 0.1) is 12.8 Å². The molecular weight excluding hydrogens is 594 g/mol. The van der Waals surface area contributed by atoms with Crippen molar-refractivity contribution in [1.82, 2.24) is 14.8 Å². The SMILES string of the molecule is C/C(=C\C=C\C(C)c1cc(C)ccn1)[C@H]1OC(=O)C[C@H](O)CC[C@@](C)(O)[C@@H](OC(=O)N2CCN(C3CCCCCC3)CC2)/C=C\[C@@H]1C. The van der Waals surface area contributed by atoms with Crippen LogP contribution in [0.2, 0.25) is 0 Å². The minimum Gasteiger partial charge on any atom is -0.457 e. The summed E-state index contributed by atoms with van der Waals surface area (Å²) in [5.74, 6) is -0.693. The Bertz CT molecular complexity index is 1260. The summed E-state index contributed by atoms with van der Waals surface area (Å²) in [6.07, 6.45) is 16.1. The van der Waals surface area contributed by atoms with Crippen LogP contribution in [0.5, 0.6) is 0 Å². The van der Waals surface area contributed by atoms with E-state index in [1.165, 1.54) is 38.5 Å². The normalized spacial score (nSPS) is 30.9. The zero-order chi connectivity index (χ0) is 34.0. The third kappa shape index (κ3) is 11.0. The van der Waals surface area contributed by atoms with E-state index >= 15 is 0 Å². The Hall–Kier alpha value is -3.01. The van der Waals surface area contributed by atoms with Crippen molar-refractivity contribution in [1.29, 1.82) is 0 Å². The number of aliphatic hydroxyl groups excluding tert-OH is 1. The van der Waals surface area contributed by atoms with Gasteiger partial charge in [0.05, 0.1) is 12.5 Å². The Balaban J connectivity index is 1.46. The first kappa shape index (κ1) is 36.8. The number of carbonyl (C=O) groups is 2. The summed E-state index contributed by atoms with van der Waals surface area (Å²) >= 11 is 0. The van der Waals surface area contributed by atoms with Crippen molar-refractivity contribution in [2.75, 3.05) is 26.2 Å². The molecule has 1 saturated heterocycles. The molecule has 1 aliphatic carbocycles. The number of aromatic nitrogens is 1. The second-order valence-electron chi connectivity index (χ2n) is 14.2. The predicted molar refractivity (Wildman–Crippen MR) is 184 cm³/mol. The van der Waals surface area contributed by atoms with Crippen LogP contribution in [0.15, 0.2) is 54.3 Å².